The van der Waals surface area contributed by atoms with Crippen LogP contribution in [0.5, 0.6) is 5.75 Å². The number of halogens is 3. The Morgan fingerprint density at radius 3 is 2.45 bits per heavy atom. The van der Waals surface area contributed by atoms with Crippen LogP contribution in [0.3, 0.4) is 0 Å². The molecular weight excluding hydrogens is 520 g/mol. The van der Waals surface area contributed by atoms with Gasteiger partial charge in [-0.1, -0.05) is 19.0 Å². The van der Waals surface area contributed by atoms with Gasteiger partial charge in [0, 0.05) is 30.2 Å². The van der Waals surface area contributed by atoms with Crippen LogP contribution in [0.4, 0.5) is 8.78 Å². The van der Waals surface area contributed by atoms with Gasteiger partial charge < -0.3 is 14.9 Å². The first-order valence-corrected chi connectivity index (χ1v) is 11.4. The van der Waals surface area contributed by atoms with Crippen molar-refractivity contribution in [2.75, 3.05) is 0 Å². The van der Waals surface area contributed by atoms with Gasteiger partial charge in [-0.15, -0.1) is 0 Å². The van der Waals surface area contributed by atoms with Crippen LogP contribution >= 0.6 is 11.6 Å². The molecule has 1 unspecified atom stereocenters. The zero-order valence-corrected chi connectivity index (χ0v) is 21.0. The van der Waals surface area contributed by atoms with E-state index in [1.165, 1.54) is 16.8 Å². The Kier molecular flexibility index (Phi) is 8.25. The van der Waals surface area contributed by atoms with Crippen LogP contribution in [0.15, 0.2) is 47.7 Å². The van der Waals surface area contributed by atoms with Gasteiger partial charge in [-0.25, -0.2) is 23.7 Å². The molecular formula is C26H26ClF2N5O4. The molecule has 0 amide bonds. The van der Waals surface area contributed by atoms with Gasteiger partial charge in [-0.05, 0) is 45.4 Å². The van der Waals surface area contributed by atoms with Gasteiger partial charge in [0.2, 0.25) is 6.29 Å². The summed E-state index contributed by atoms with van der Waals surface area (Å²) in [6.07, 6.45) is 1.85. The summed E-state index contributed by atoms with van der Waals surface area (Å²) in [5.74, 6) is -2.05. The largest absolute Gasteiger partial charge is 0.457 e. The monoisotopic (exact) mass is 545 g/mol. The summed E-state index contributed by atoms with van der Waals surface area (Å²) in [5, 5.41) is 20.1. The van der Waals surface area contributed by atoms with Crippen LogP contribution in [-0.2, 0) is 5.60 Å². The zero-order chi connectivity index (χ0) is 27.1. The maximum atomic E-state index is 14.0. The number of ether oxygens (including phenoxy) is 1. The second-order valence-corrected chi connectivity index (χ2v) is 9.15. The van der Waals surface area contributed by atoms with E-state index in [9.17, 15) is 23.8 Å². The summed E-state index contributed by atoms with van der Waals surface area (Å²) < 4.78 is 33.8. The average Bonchev–Trinajstić information content (AvgIpc) is 2.83. The molecule has 38 heavy (non-hydrogen) atoms. The van der Waals surface area contributed by atoms with E-state index in [-0.39, 0.29) is 24.0 Å². The third-order valence-electron chi connectivity index (χ3n) is 5.39. The number of hydrogen-bond acceptors (Lipinski definition) is 8. The van der Waals surface area contributed by atoms with Gasteiger partial charge in [-0.2, -0.15) is 0 Å². The van der Waals surface area contributed by atoms with Gasteiger partial charge in [0.15, 0.2) is 11.6 Å². The number of aliphatic hydroxyl groups is 2. The summed E-state index contributed by atoms with van der Waals surface area (Å²) in [5.41, 5.74) is -0.169. The SMILES string of the molecule is C.Cc1cnc(-c2ccnc(C(C)(C)O)n2)cc1-n1c(C)cc(OC(O)c2ncc(F)cc2F)c(Cl)c1=O. The molecule has 4 aromatic rings. The first kappa shape index (κ1) is 28.8. The quantitative estimate of drug-likeness (QED) is 0.338. The first-order valence-electron chi connectivity index (χ1n) is 11.0. The lowest BCUT2D eigenvalue weighted by Crippen LogP contribution is -2.23. The van der Waals surface area contributed by atoms with Crippen LogP contribution in [0, 0.1) is 25.5 Å². The molecule has 0 saturated heterocycles. The Balaban J connectivity index is 0.00000400. The van der Waals surface area contributed by atoms with Crippen LogP contribution < -0.4 is 10.3 Å². The minimum atomic E-state index is -1.94. The summed E-state index contributed by atoms with van der Waals surface area (Å²) in [4.78, 5) is 29.7. The minimum Gasteiger partial charge on any atom is -0.457 e. The van der Waals surface area contributed by atoms with Crippen molar-refractivity contribution in [3.8, 4) is 22.8 Å². The predicted octanol–water partition coefficient (Wildman–Crippen LogP) is 4.57. The van der Waals surface area contributed by atoms with Gasteiger partial charge in [0.05, 0.1) is 23.3 Å². The van der Waals surface area contributed by atoms with Crippen molar-refractivity contribution in [3.05, 3.63) is 92.6 Å². The Labute approximate surface area is 222 Å². The molecule has 4 heterocycles. The Morgan fingerprint density at radius 1 is 1.08 bits per heavy atom. The number of nitrogens with zero attached hydrogens (tertiary/aromatic N) is 5. The minimum absolute atomic E-state index is 0. The molecule has 0 aliphatic rings. The molecule has 9 nitrogen and oxygen atoms in total. The van der Waals surface area contributed by atoms with Crippen molar-refractivity contribution in [2.24, 2.45) is 0 Å². The molecule has 1 atom stereocenters. The number of pyridine rings is 3. The van der Waals surface area contributed by atoms with Crippen molar-refractivity contribution < 1.29 is 23.7 Å². The molecule has 4 rings (SSSR count). The van der Waals surface area contributed by atoms with Crippen molar-refractivity contribution in [1.29, 1.82) is 0 Å². The molecule has 4 aromatic heterocycles. The lowest BCUT2D eigenvalue weighted by Gasteiger charge is -2.19. The van der Waals surface area contributed by atoms with E-state index < -0.39 is 34.8 Å². The molecule has 0 aromatic carbocycles. The molecule has 0 fully saturated rings. The van der Waals surface area contributed by atoms with Crippen LogP contribution in [0.1, 0.15) is 50.3 Å². The maximum absolute atomic E-state index is 14.0. The third kappa shape index (κ3) is 5.69. The fourth-order valence-electron chi connectivity index (χ4n) is 3.54. The second-order valence-electron chi connectivity index (χ2n) is 8.78. The van der Waals surface area contributed by atoms with Gasteiger partial charge in [0.25, 0.3) is 5.56 Å². The topological polar surface area (TPSA) is 123 Å². The van der Waals surface area contributed by atoms with Crippen molar-refractivity contribution >= 4 is 11.6 Å². The molecule has 2 N–H and O–H groups in total. The molecule has 0 spiro atoms. The highest BCUT2D eigenvalue weighted by molar-refractivity contribution is 6.31. The predicted molar refractivity (Wildman–Crippen MR) is 137 cm³/mol. The number of aromatic nitrogens is 5. The average molecular weight is 546 g/mol. The van der Waals surface area contributed by atoms with E-state index in [2.05, 4.69) is 19.9 Å². The highest BCUT2D eigenvalue weighted by atomic mass is 35.5. The Hall–Kier alpha value is -3.80. The molecule has 12 heteroatoms. The fourth-order valence-corrected chi connectivity index (χ4v) is 3.72. The summed E-state index contributed by atoms with van der Waals surface area (Å²) >= 11 is 6.29. The zero-order valence-electron chi connectivity index (χ0n) is 20.2. The lowest BCUT2D eigenvalue weighted by atomic mass is 10.1. The van der Waals surface area contributed by atoms with E-state index in [1.54, 1.807) is 46.0 Å². The normalized spacial score (nSPS) is 12.1. The van der Waals surface area contributed by atoms with Gasteiger partial charge in [-0.3, -0.25) is 14.3 Å². The molecule has 0 radical (unpaired) electrons. The van der Waals surface area contributed by atoms with E-state index >= 15 is 0 Å². The number of rotatable bonds is 6. The van der Waals surface area contributed by atoms with E-state index in [0.717, 1.165) is 6.20 Å². The highest BCUT2D eigenvalue weighted by Crippen LogP contribution is 2.29. The van der Waals surface area contributed by atoms with Crippen LogP contribution in [-0.4, -0.2) is 34.7 Å². The standard InChI is InChI=1S/C25H22ClF2N5O4.CH4/c1-12-10-30-17(16-5-6-29-24(32-16)25(3,4)36)9-18(12)33-13(2)7-19(20(26)22(33)34)37-23(35)21-15(28)8-14(27)11-31-21;/h5-11,23,35-36H,1-4H3;1H4. The molecule has 0 bridgehead atoms. The Bertz CT molecular complexity index is 1560. The maximum Gasteiger partial charge on any atom is 0.277 e. The van der Waals surface area contributed by atoms with E-state index in [1.807, 2.05) is 0 Å². The fraction of sp³-hybridized carbons (Fsp3) is 0.269. The number of aliphatic hydroxyl groups excluding tert-OH is 1. The summed E-state index contributed by atoms with van der Waals surface area (Å²) in [6, 6.07) is 5.21. The van der Waals surface area contributed by atoms with E-state index in [0.29, 0.717) is 34.4 Å². The van der Waals surface area contributed by atoms with Crippen LogP contribution in [0.25, 0.3) is 17.1 Å². The molecule has 200 valence electrons. The van der Waals surface area contributed by atoms with Crippen molar-refractivity contribution in [1.82, 2.24) is 24.5 Å². The van der Waals surface area contributed by atoms with Crippen molar-refractivity contribution in [2.45, 2.75) is 47.0 Å². The van der Waals surface area contributed by atoms with Gasteiger partial charge >= 0.3 is 0 Å². The number of hydrogen-bond donors (Lipinski definition) is 2. The van der Waals surface area contributed by atoms with Crippen molar-refractivity contribution in [3.63, 3.8) is 0 Å². The van der Waals surface area contributed by atoms with E-state index in [4.69, 9.17) is 16.3 Å². The lowest BCUT2D eigenvalue weighted by molar-refractivity contribution is -0.0258. The second kappa shape index (κ2) is 10.9. The third-order valence-corrected chi connectivity index (χ3v) is 5.74. The Morgan fingerprint density at radius 2 is 1.79 bits per heavy atom. The smallest absolute Gasteiger partial charge is 0.277 e. The first-order chi connectivity index (χ1) is 17.4. The molecule has 0 aliphatic heterocycles. The molecule has 0 aliphatic carbocycles. The molecule has 0 saturated carbocycles. The highest BCUT2D eigenvalue weighted by Gasteiger charge is 2.23. The summed E-state index contributed by atoms with van der Waals surface area (Å²) in [6.45, 7) is 6.49. The number of aryl methyl sites for hydroxylation is 2. The van der Waals surface area contributed by atoms with Crippen LogP contribution in [0.2, 0.25) is 5.02 Å². The summed E-state index contributed by atoms with van der Waals surface area (Å²) in [7, 11) is 0. The van der Waals surface area contributed by atoms with Gasteiger partial charge in [0.1, 0.15) is 27.9 Å².